The number of aromatic amines is 1. The molecule has 13 nitrogen and oxygen atoms in total. The zero-order chi connectivity index (χ0) is 38.1. The predicted octanol–water partition coefficient (Wildman–Crippen LogP) is 5.06. The van der Waals surface area contributed by atoms with Gasteiger partial charge in [0.1, 0.15) is 35.7 Å². The van der Waals surface area contributed by atoms with Crippen molar-refractivity contribution in [2.75, 3.05) is 31.1 Å². The second-order valence-electron chi connectivity index (χ2n) is 16.9. The molecule has 10 rings (SSSR count). The lowest BCUT2D eigenvalue weighted by atomic mass is 9.82. The third-order valence-corrected chi connectivity index (χ3v) is 13.0. The maximum atomic E-state index is 15.8. The van der Waals surface area contributed by atoms with Crippen molar-refractivity contribution >= 4 is 34.4 Å². The van der Waals surface area contributed by atoms with Crippen molar-refractivity contribution in [3.8, 4) is 17.1 Å². The van der Waals surface area contributed by atoms with Crippen molar-refractivity contribution in [3.05, 3.63) is 65.5 Å². The van der Waals surface area contributed by atoms with Gasteiger partial charge in [-0.05, 0) is 100 Å². The molecule has 56 heavy (non-hydrogen) atoms. The molecule has 0 radical (unpaired) electrons. The number of nitrogens with one attached hydrogen (secondary N) is 2. The molecule has 5 fully saturated rings. The smallest absolute Gasteiger partial charge is 0.255 e. The first-order valence-electron chi connectivity index (χ1n) is 20.2. The second kappa shape index (κ2) is 13.9. The fourth-order valence-corrected chi connectivity index (χ4v) is 9.37. The van der Waals surface area contributed by atoms with Gasteiger partial charge in [0.25, 0.3) is 5.91 Å². The molecule has 14 heteroatoms. The van der Waals surface area contributed by atoms with Gasteiger partial charge in [-0.2, -0.15) is 5.10 Å². The van der Waals surface area contributed by atoms with Gasteiger partial charge < -0.3 is 19.3 Å². The Morgan fingerprint density at radius 2 is 1.77 bits per heavy atom. The van der Waals surface area contributed by atoms with Crippen molar-refractivity contribution in [3.63, 3.8) is 0 Å². The van der Waals surface area contributed by atoms with Crippen LogP contribution in [0.15, 0.2) is 48.8 Å². The number of aromatic nitrogens is 4. The molecule has 3 saturated heterocycles. The highest BCUT2D eigenvalue weighted by Crippen LogP contribution is 2.41. The highest BCUT2D eigenvalue weighted by Gasteiger charge is 2.43. The first kappa shape index (κ1) is 35.5. The summed E-state index contributed by atoms with van der Waals surface area (Å²) in [6.07, 6.45) is 8.09. The van der Waals surface area contributed by atoms with E-state index < -0.39 is 18.1 Å². The van der Waals surface area contributed by atoms with Crippen LogP contribution in [0.2, 0.25) is 0 Å². The quantitative estimate of drug-likeness (QED) is 0.222. The standard InChI is InChI=1S/C42H47FN8O5/c1-42(11-12-42)56-28-3-5-34-32(19-28)39(48-47-34)35-20-37(45-23-44-35)49-13-8-27(9-14-49)55-29-17-26(18-29)50-15-10-30(33(43)22-50)24-2-4-31-25(16-24)21-51(41(31)54)36-6-7-38(52)46-40(36)53/h2-5,16,19-20,23,26-27,29-30,33,36H,6-15,17-18,21-22H2,1H3,(H,47,48)(H,46,52,53)/t26-,29-,30-,33-,36?/m0/s1. The molecule has 0 bridgehead atoms. The molecule has 2 aromatic carbocycles. The van der Waals surface area contributed by atoms with Crippen LogP contribution in [0, 0.1) is 0 Å². The highest BCUT2D eigenvalue weighted by atomic mass is 19.1. The molecule has 6 aliphatic rings. The van der Waals surface area contributed by atoms with E-state index in [9.17, 15) is 14.4 Å². The highest BCUT2D eigenvalue weighted by molar-refractivity contribution is 6.05. The summed E-state index contributed by atoms with van der Waals surface area (Å²) in [5, 5.41) is 11.0. The van der Waals surface area contributed by atoms with Gasteiger partial charge in [0, 0.05) is 61.6 Å². The van der Waals surface area contributed by atoms with Crippen LogP contribution in [0.1, 0.15) is 92.1 Å². The molecule has 2 aromatic heterocycles. The minimum Gasteiger partial charge on any atom is -0.488 e. The van der Waals surface area contributed by atoms with Gasteiger partial charge in [-0.1, -0.05) is 12.1 Å². The van der Waals surface area contributed by atoms with Crippen molar-refractivity contribution in [2.45, 2.75) is 113 Å². The van der Waals surface area contributed by atoms with Gasteiger partial charge >= 0.3 is 0 Å². The average molecular weight is 763 g/mol. The zero-order valence-electron chi connectivity index (χ0n) is 31.6. The Kier molecular flexibility index (Phi) is 8.81. The summed E-state index contributed by atoms with van der Waals surface area (Å²) in [7, 11) is 0. The summed E-state index contributed by atoms with van der Waals surface area (Å²) in [5.41, 5.74) is 4.76. The van der Waals surface area contributed by atoms with Gasteiger partial charge in [0.15, 0.2) is 0 Å². The molecule has 1 unspecified atom stereocenters. The number of imide groups is 1. The largest absolute Gasteiger partial charge is 0.488 e. The number of nitrogens with zero attached hydrogens (tertiary/aromatic N) is 6. The Balaban J connectivity index is 0.693. The maximum Gasteiger partial charge on any atom is 0.255 e. The van der Waals surface area contributed by atoms with Crippen LogP contribution < -0.4 is 15.0 Å². The number of halogens is 1. The van der Waals surface area contributed by atoms with Crippen molar-refractivity contribution < 1.29 is 28.2 Å². The van der Waals surface area contributed by atoms with Crippen molar-refractivity contribution in [1.82, 2.24) is 35.3 Å². The number of ether oxygens (including phenoxy) is 2. The summed E-state index contributed by atoms with van der Waals surface area (Å²) in [6.45, 7) is 5.35. The van der Waals surface area contributed by atoms with E-state index in [-0.39, 0.29) is 42.0 Å². The van der Waals surface area contributed by atoms with Crippen molar-refractivity contribution in [2.24, 2.45) is 0 Å². The van der Waals surface area contributed by atoms with Crippen LogP contribution >= 0.6 is 0 Å². The van der Waals surface area contributed by atoms with E-state index in [1.807, 2.05) is 36.4 Å². The fraction of sp³-hybridized carbons (Fsp3) is 0.524. The molecule has 4 aromatic rings. The number of benzene rings is 2. The molecule has 2 N–H and O–H groups in total. The number of carbonyl (C=O) groups is 3. The molecular formula is C42H47FN8O5. The molecule has 2 saturated carbocycles. The molecule has 2 aliphatic carbocycles. The molecule has 6 heterocycles. The molecule has 292 valence electrons. The van der Waals surface area contributed by atoms with E-state index in [0.29, 0.717) is 37.5 Å². The van der Waals surface area contributed by atoms with Crippen LogP contribution in [-0.2, 0) is 20.9 Å². The van der Waals surface area contributed by atoms with Gasteiger partial charge in [-0.25, -0.2) is 14.4 Å². The van der Waals surface area contributed by atoms with Gasteiger partial charge in [-0.15, -0.1) is 0 Å². The topological polar surface area (TPSA) is 146 Å². The fourth-order valence-electron chi connectivity index (χ4n) is 9.37. The normalized spacial score (nSPS) is 28.0. The molecule has 0 spiro atoms. The van der Waals surface area contributed by atoms with Crippen molar-refractivity contribution in [1.29, 1.82) is 0 Å². The van der Waals surface area contributed by atoms with Gasteiger partial charge in [0.2, 0.25) is 11.8 Å². The van der Waals surface area contributed by atoms with E-state index >= 15 is 4.39 Å². The minimum atomic E-state index is -1.01. The first-order valence-corrected chi connectivity index (χ1v) is 20.2. The Labute approximate surface area is 324 Å². The number of hydrogen-bond acceptors (Lipinski definition) is 10. The molecular weight excluding hydrogens is 716 g/mol. The number of rotatable bonds is 9. The lowest BCUT2D eigenvalue weighted by molar-refractivity contribution is -0.136. The van der Waals surface area contributed by atoms with E-state index in [1.54, 1.807) is 17.3 Å². The third-order valence-electron chi connectivity index (χ3n) is 13.0. The number of hydrogen-bond donors (Lipinski definition) is 2. The number of amides is 3. The molecule has 3 amide bonds. The lowest BCUT2D eigenvalue weighted by Crippen LogP contribution is -2.54. The monoisotopic (exact) mass is 762 g/mol. The summed E-state index contributed by atoms with van der Waals surface area (Å²) >= 11 is 0. The number of likely N-dealkylation sites (tertiary alicyclic amines) is 1. The van der Waals surface area contributed by atoms with E-state index in [2.05, 4.69) is 42.2 Å². The first-order chi connectivity index (χ1) is 27.2. The minimum absolute atomic E-state index is 0.0577. The van der Waals surface area contributed by atoms with Crippen LogP contribution in [0.5, 0.6) is 5.75 Å². The van der Waals surface area contributed by atoms with E-state index in [0.717, 1.165) is 103 Å². The van der Waals surface area contributed by atoms with E-state index in [1.165, 1.54) is 0 Å². The lowest BCUT2D eigenvalue weighted by Gasteiger charge is -2.47. The SMILES string of the molecule is CC1(Oc2ccc3n[nH]c(-c4cc(N5CCC(O[C@H]6C[C@H](N7CC[C@@H](c8ccc9c(c8)CN(C8CCC(=O)NC8=O)C9=O)[C@@H](F)C7)C6)CC5)ncn4)c3c2)CC1. The Bertz CT molecular complexity index is 2190. The van der Waals surface area contributed by atoms with Gasteiger partial charge in [0.05, 0.1) is 29.1 Å². The number of piperidine rings is 3. The van der Waals surface area contributed by atoms with Crippen LogP contribution in [0.4, 0.5) is 10.2 Å². The Hall–Kier alpha value is -4.95. The summed E-state index contributed by atoms with van der Waals surface area (Å²) in [4.78, 5) is 52.5. The molecule has 4 aliphatic heterocycles. The summed E-state index contributed by atoms with van der Waals surface area (Å²) in [6, 6.07) is 13.3. The number of alkyl halides is 1. The van der Waals surface area contributed by atoms with Crippen LogP contribution in [0.25, 0.3) is 22.3 Å². The zero-order valence-corrected chi connectivity index (χ0v) is 31.6. The number of carbonyl (C=O) groups excluding carboxylic acids is 3. The average Bonchev–Trinajstić information content (AvgIpc) is 3.61. The van der Waals surface area contributed by atoms with Crippen LogP contribution in [-0.4, -0.2) is 110 Å². The number of H-pyrrole nitrogens is 1. The summed E-state index contributed by atoms with van der Waals surface area (Å²) in [5.74, 6) is 0.567. The maximum absolute atomic E-state index is 15.8. The third kappa shape index (κ3) is 6.70. The molecule has 3 atom stereocenters. The number of fused-ring (bicyclic) bond motifs is 2. The summed E-state index contributed by atoms with van der Waals surface area (Å²) < 4.78 is 28.6. The van der Waals surface area contributed by atoms with Gasteiger partial charge in [-0.3, -0.25) is 29.7 Å². The number of anilines is 1. The second-order valence-corrected chi connectivity index (χ2v) is 16.9. The Morgan fingerprint density at radius 1 is 0.929 bits per heavy atom. The van der Waals surface area contributed by atoms with E-state index in [4.69, 9.17) is 9.47 Å². The van der Waals surface area contributed by atoms with Crippen LogP contribution in [0.3, 0.4) is 0 Å². The Morgan fingerprint density at radius 3 is 2.55 bits per heavy atom. The predicted molar refractivity (Wildman–Crippen MR) is 205 cm³/mol.